The van der Waals surface area contributed by atoms with Gasteiger partial charge in [0.2, 0.25) is 0 Å². The fourth-order valence-corrected chi connectivity index (χ4v) is 2.84. The fourth-order valence-electron chi connectivity index (χ4n) is 2.84. The van der Waals surface area contributed by atoms with Gasteiger partial charge in [-0.2, -0.15) is 0 Å². The second-order valence-electron chi connectivity index (χ2n) is 5.82. The molecule has 2 rings (SSSR count). The second kappa shape index (κ2) is 7.75. The predicted octanol–water partition coefficient (Wildman–Crippen LogP) is 4.03. The largest absolute Gasteiger partial charge is 0.373 e. The van der Waals surface area contributed by atoms with E-state index in [1.54, 1.807) is 6.07 Å². The van der Waals surface area contributed by atoms with E-state index >= 15 is 0 Å². The van der Waals surface area contributed by atoms with E-state index in [1.165, 1.54) is 19.3 Å². The minimum atomic E-state index is -0.159. The van der Waals surface area contributed by atoms with Crippen molar-refractivity contribution in [2.75, 3.05) is 6.54 Å². The van der Waals surface area contributed by atoms with Crippen molar-refractivity contribution < 1.29 is 9.13 Å². The number of nitrogens with one attached hydrogen (secondary N) is 1. The van der Waals surface area contributed by atoms with Gasteiger partial charge in [-0.25, -0.2) is 4.39 Å². The molecule has 1 N–H and O–H groups in total. The minimum absolute atomic E-state index is 0.159. The summed E-state index contributed by atoms with van der Waals surface area (Å²) in [7, 11) is 0. The van der Waals surface area contributed by atoms with E-state index in [-0.39, 0.29) is 5.82 Å². The van der Waals surface area contributed by atoms with E-state index in [9.17, 15) is 4.39 Å². The standard InChI is InChI=1S/C17H26FNO/c1-3-19-11-14-8-9-16(18)15(10-14)12-20-17-7-5-4-6-13(17)2/h8-10,13,17,19H,3-7,11-12H2,1-2H3. The van der Waals surface area contributed by atoms with Crippen LogP contribution in [0.3, 0.4) is 0 Å². The van der Waals surface area contributed by atoms with Crippen LogP contribution in [0.1, 0.15) is 50.7 Å². The first kappa shape index (κ1) is 15.5. The third-order valence-corrected chi connectivity index (χ3v) is 4.17. The molecule has 0 amide bonds. The van der Waals surface area contributed by atoms with Crippen molar-refractivity contribution in [3.05, 3.63) is 35.1 Å². The summed E-state index contributed by atoms with van der Waals surface area (Å²) in [6.07, 6.45) is 5.17. The van der Waals surface area contributed by atoms with Crippen molar-refractivity contribution in [1.82, 2.24) is 5.32 Å². The highest BCUT2D eigenvalue weighted by molar-refractivity contribution is 5.24. The highest BCUT2D eigenvalue weighted by Crippen LogP contribution is 2.27. The molecule has 1 aromatic carbocycles. The smallest absolute Gasteiger partial charge is 0.128 e. The molecule has 0 spiro atoms. The van der Waals surface area contributed by atoms with E-state index in [2.05, 4.69) is 19.2 Å². The van der Waals surface area contributed by atoms with Gasteiger partial charge in [-0.3, -0.25) is 0 Å². The zero-order valence-electron chi connectivity index (χ0n) is 12.6. The minimum Gasteiger partial charge on any atom is -0.373 e. The Hall–Kier alpha value is -0.930. The van der Waals surface area contributed by atoms with Crippen molar-refractivity contribution in [2.24, 2.45) is 5.92 Å². The molecule has 0 aliphatic heterocycles. The van der Waals surface area contributed by atoms with Crippen LogP contribution in [0.5, 0.6) is 0 Å². The highest BCUT2D eigenvalue weighted by atomic mass is 19.1. The van der Waals surface area contributed by atoms with Gasteiger partial charge in [0, 0.05) is 12.1 Å². The van der Waals surface area contributed by atoms with Crippen molar-refractivity contribution in [2.45, 2.75) is 58.8 Å². The lowest BCUT2D eigenvalue weighted by Crippen LogP contribution is -2.25. The Morgan fingerprint density at radius 1 is 1.30 bits per heavy atom. The number of rotatable bonds is 6. The number of hydrogen-bond donors (Lipinski definition) is 1. The number of benzene rings is 1. The van der Waals surface area contributed by atoms with Crippen LogP contribution in [0.15, 0.2) is 18.2 Å². The van der Waals surface area contributed by atoms with Crippen molar-refractivity contribution in [3.63, 3.8) is 0 Å². The van der Waals surface area contributed by atoms with E-state index in [0.29, 0.717) is 24.2 Å². The van der Waals surface area contributed by atoms with E-state index in [4.69, 9.17) is 4.74 Å². The molecule has 112 valence electrons. The lowest BCUT2D eigenvalue weighted by molar-refractivity contribution is -0.0165. The number of hydrogen-bond acceptors (Lipinski definition) is 2. The van der Waals surface area contributed by atoms with Gasteiger partial charge >= 0.3 is 0 Å². The summed E-state index contributed by atoms with van der Waals surface area (Å²) in [5.41, 5.74) is 1.79. The molecule has 1 aliphatic carbocycles. The number of halogens is 1. The van der Waals surface area contributed by atoms with Crippen LogP contribution in [-0.4, -0.2) is 12.6 Å². The Labute approximate surface area is 121 Å². The normalized spacial score (nSPS) is 22.9. The second-order valence-corrected chi connectivity index (χ2v) is 5.82. The van der Waals surface area contributed by atoms with Gasteiger partial charge in [0.15, 0.2) is 0 Å². The first-order valence-corrected chi connectivity index (χ1v) is 7.80. The molecule has 1 aliphatic rings. The number of ether oxygens (including phenoxy) is 1. The molecule has 0 heterocycles. The van der Waals surface area contributed by atoms with Crippen LogP contribution in [0, 0.1) is 11.7 Å². The summed E-state index contributed by atoms with van der Waals surface area (Å²) >= 11 is 0. The topological polar surface area (TPSA) is 21.3 Å². The zero-order valence-corrected chi connectivity index (χ0v) is 12.6. The van der Waals surface area contributed by atoms with Crippen LogP contribution < -0.4 is 5.32 Å². The maximum atomic E-state index is 13.8. The first-order chi connectivity index (χ1) is 9.70. The van der Waals surface area contributed by atoms with Crippen LogP contribution in [0.4, 0.5) is 4.39 Å². The van der Waals surface area contributed by atoms with Crippen LogP contribution in [0.2, 0.25) is 0 Å². The van der Waals surface area contributed by atoms with E-state index in [1.807, 2.05) is 12.1 Å². The molecule has 1 fully saturated rings. The molecule has 3 heteroatoms. The lowest BCUT2D eigenvalue weighted by Gasteiger charge is -2.28. The van der Waals surface area contributed by atoms with Crippen molar-refractivity contribution in [1.29, 1.82) is 0 Å². The van der Waals surface area contributed by atoms with Crippen LogP contribution >= 0.6 is 0 Å². The summed E-state index contributed by atoms with van der Waals surface area (Å²) < 4.78 is 19.8. The van der Waals surface area contributed by atoms with Crippen molar-refractivity contribution >= 4 is 0 Å². The zero-order chi connectivity index (χ0) is 14.4. The molecule has 0 saturated heterocycles. The average molecular weight is 279 g/mol. The molecular weight excluding hydrogens is 253 g/mol. The van der Waals surface area contributed by atoms with E-state index < -0.39 is 0 Å². The maximum absolute atomic E-state index is 13.8. The van der Waals surface area contributed by atoms with Gasteiger partial charge in [-0.15, -0.1) is 0 Å². The monoisotopic (exact) mass is 279 g/mol. The van der Waals surface area contributed by atoms with E-state index in [0.717, 1.165) is 25.1 Å². The Bertz CT molecular complexity index is 421. The van der Waals surface area contributed by atoms with Gasteiger partial charge in [0.25, 0.3) is 0 Å². The molecule has 2 unspecified atom stereocenters. The SMILES string of the molecule is CCNCc1ccc(F)c(COC2CCCCC2C)c1. The fraction of sp³-hybridized carbons (Fsp3) is 0.647. The molecule has 0 aromatic heterocycles. The molecular formula is C17H26FNO. The maximum Gasteiger partial charge on any atom is 0.128 e. The predicted molar refractivity (Wildman–Crippen MR) is 80.0 cm³/mol. The quantitative estimate of drug-likeness (QED) is 0.849. The first-order valence-electron chi connectivity index (χ1n) is 7.80. The van der Waals surface area contributed by atoms with Gasteiger partial charge in [-0.1, -0.05) is 32.8 Å². The Morgan fingerprint density at radius 3 is 2.85 bits per heavy atom. The van der Waals surface area contributed by atoms with Crippen LogP contribution in [0.25, 0.3) is 0 Å². The summed E-state index contributed by atoms with van der Waals surface area (Å²) in [5.74, 6) is 0.436. The third kappa shape index (κ3) is 4.29. The van der Waals surface area contributed by atoms with Gasteiger partial charge in [-0.05, 0) is 43.0 Å². The summed E-state index contributed by atoms with van der Waals surface area (Å²) in [5, 5.41) is 3.26. The Morgan fingerprint density at radius 2 is 2.10 bits per heavy atom. The molecule has 20 heavy (non-hydrogen) atoms. The molecule has 1 saturated carbocycles. The lowest BCUT2D eigenvalue weighted by atomic mass is 9.88. The summed E-state index contributed by atoms with van der Waals surface area (Å²) in [4.78, 5) is 0. The van der Waals surface area contributed by atoms with Gasteiger partial charge in [0.1, 0.15) is 5.82 Å². The Balaban J connectivity index is 1.93. The molecule has 0 bridgehead atoms. The molecule has 0 radical (unpaired) electrons. The van der Waals surface area contributed by atoms with Crippen molar-refractivity contribution in [3.8, 4) is 0 Å². The Kier molecular flexibility index (Phi) is 5.99. The molecule has 1 aromatic rings. The highest BCUT2D eigenvalue weighted by Gasteiger charge is 2.22. The summed E-state index contributed by atoms with van der Waals surface area (Å²) in [6.45, 7) is 6.40. The summed E-state index contributed by atoms with van der Waals surface area (Å²) in [6, 6.07) is 5.31. The third-order valence-electron chi connectivity index (χ3n) is 4.17. The molecule has 2 atom stereocenters. The van der Waals surface area contributed by atoms with Gasteiger partial charge < -0.3 is 10.1 Å². The van der Waals surface area contributed by atoms with Crippen LogP contribution in [-0.2, 0) is 17.9 Å². The molecule has 2 nitrogen and oxygen atoms in total. The van der Waals surface area contributed by atoms with Gasteiger partial charge in [0.05, 0.1) is 12.7 Å². The average Bonchev–Trinajstić information content (AvgIpc) is 2.46.